The van der Waals surface area contributed by atoms with Crippen LogP contribution < -0.4 is 0 Å². The van der Waals surface area contributed by atoms with Crippen LogP contribution in [0.5, 0.6) is 0 Å². The molecule has 0 aliphatic carbocycles. The van der Waals surface area contributed by atoms with Crippen molar-refractivity contribution in [1.82, 2.24) is 8.96 Å². The molecule has 0 N–H and O–H groups in total. The molecule has 98 valence electrons. The number of nitrogens with zero attached hydrogens (tertiary/aromatic N) is 3. The van der Waals surface area contributed by atoms with Gasteiger partial charge in [0, 0.05) is 17.8 Å². The predicted octanol–water partition coefficient (Wildman–Crippen LogP) is 2.14. The van der Waals surface area contributed by atoms with Crippen LogP contribution in [0, 0.1) is 11.3 Å². The number of benzene rings is 1. The molecular weight excluding hydrogens is 274 g/mol. The maximum Gasteiger partial charge on any atom is 0.269 e. The molecule has 20 heavy (non-hydrogen) atoms. The molecule has 2 heterocycles. The molecule has 0 radical (unpaired) electrons. The Morgan fingerprint density at radius 3 is 2.60 bits per heavy atom. The molecule has 0 saturated heterocycles. The minimum absolute atomic E-state index is 0.198. The molecule has 0 unspecified atom stereocenters. The van der Waals surface area contributed by atoms with Crippen molar-refractivity contribution in [3.8, 4) is 6.07 Å². The molecule has 3 rings (SSSR count). The summed E-state index contributed by atoms with van der Waals surface area (Å²) in [6.07, 6.45) is 2.81. The third kappa shape index (κ3) is 1.85. The van der Waals surface area contributed by atoms with E-state index >= 15 is 0 Å². The first-order valence-corrected chi connectivity index (χ1v) is 7.25. The molecule has 0 saturated carbocycles. The lowest BCUT2D eigenvalue weighted by molar-refractivity contribution is 0.589. The Bertz CT molecular complexity index is 922. The van der Waals surface area contributed by atoms with Crippen molar-refractivity contribution >= 4 is 21.1 Å². The molecule has 3 aromatic rings. The van der Waals surface area contributed by atoms with Crippen molar-refractivity contribution < 1.29 is 8.42 Å². The minimum Gasteiger partial charge on any atom is -0.236 e. The van der Waals surface area contributed by atoms with Gasteiger partial charge in [-0.2, -0.15) is 5.26 Å². The summed E-state index contributed by atoms with van der Waals surface area (Å²) in [5.41, 5.74) is 0.709. The Labute approximate surface area is 115 Å². The van der Waals surface area contributed by atoms with E-state index in [4.69, 9.17) is 5.26 Å². The molecule has 0 fully saturated rings. The highest BCUT2D eigenvalue weighted by Gasteiger charge is 2.19. The normalized spacial score (nSPS) is 11.3. The van der Waals surface area contributed by atoms with E-state index in [0.717, 1.165) is 3.97 Å². The third-order valence-corrected chi connectivity index (χ3v) is 4.60. The second-order valence-corrected chi connectivity index (χ2v) is 5.99. The van der Waals surface area contributed by atoms with E-state index < -0.39 is 10.0 Å². The van der Waals surface area contributed by atoms with Crippen LogP contribution in [0.4, 0.5) is 0 Å². The van der Waals surface area contributed by atoms with Crippen molar-refractivity contribution in [3.05, 3.63) is 60.4 Å². The molecule has 6 heteroatoms. The largest absolute Gasteiger partial charge is 0.269 e. The first-order valence-electron chi connectivity index (χ1n) is 5.81. The maximum atomic E-state index is 12.5. The monoisotopic (exact) mass is 283 g/mol. The quantitative estimate of drug-likeness (QED) is 0.722. The van der Waals surface area contributed by atoms with Crippen molar-refractivity contribution in [2.45, 2.75) is 4.90 Å². The van der Waals surface area contributed by atoms with Gasteiger partial charge in [0.2, 0.25) is 0 Å². The van der Waals surface area contributed by atoms with Crippen molar-refractivity contribution in [2.75, 3.05) is 0 Å². The average molecular weight is 283 g/mol. The van der Waals surface area contributed by atoms with Crippen molar-refractivity contribution in [2.24, 2.45) is 0 Å². The number of pyridine rings is 1. The van der Waals surface area contributed by atoms with E-state index in [9.17, 15) is 8.42 Å². The first-order chi connectivity index (χ1) is 9.63. The van der Waals surface area contributed by atoms with Gasteiger partial charge in [0.15, 0.2) is 5.65 Å². The van der Waals surface area contributed by atoms with E-state index in [1.807, 2.05) is 6.07 Å². The van der Waals surface area contributed by atoms with Gasteiger partial charge in [0.1, 0.15) is 6.07 Å². The molecule has 1 aromatic carbocycles. The van der Waals surface area contributed by atoms with Crippen LogP contribution in [0.15, 0.2) is 59.8 Å². The lowest BCUT2D eigenvalue weighted by Crippen LogP contribution is -2.12. The zero-order valence-corrected chi connectivity index (χ0v) is 11.1. The van der Waals surface area contributed by atoms with E-state index in [2.05, 4.69) is 4.98 Å². The van der Waals surface area contributed by atoms with Crippen LogP contribution in [0.2, 0.25) is 0 Å². The highest BCUT2D eigenvalue weighted by atomic mass is 32.2. The van der Waals surface area contributed by atoms with Crippen LogP contribution in [-0.2, 0) is 10.0 Å². The number of hydrogen-bond acceptors (Lipinski definition) is 4. The average Bonchev–Trinajstić information content (AvgIpc) is 2.91. The number of hydrogen-bond donors (Lipinski definition) is 0. The van der Waals surface area contributed by atoms with Gasteiger partial charge < -0.3 is 0 Å². The lowest BCUT2D eigenvalue weighted by atomic mass is 10.2. The number of nitriles is 1. The summed E-state index contributed by atoms with van der Waals surface area (Å²) in [7, 11) is -3.67. The van der Waals surface area contributed by atoms with E-state index in [-0.39, 0.29) is 4.90 Å². The van der Waals surface area contributed by atoms with Gasteiger partial charge in [-0.25, -0.2) is 17.4 Å². The van der Waals surface area contributed by atoms with Gasteiger partial charge in [-0.1, -0.05) is 18.2 Å². The fourth-order valence-corrected chi connectivity index (χ4v) is 3.29. The molecular formula is C14H9N3O2S. The molecule has 0 aliphatic heterocycles. The van der Waals surface area contributed by atoms with Gasteiger partial charge in [0.05, 0.1) is 10.5 Å². The SMILES string of the molecule is N#Cc1cnc2c(ccn2S(=O)(=O)c2ccccc2)c1. The van der Waals surface area contributed by atoms with Crippen LogP contribution >= 0.6 is 0 Å². The summed E-state index contributed by atoms with van der Waals surface area (Å²) >= 11 is 0. The number of aromatic nitrogens is 2. The maximum absolute atomic E-state index is 12.5. The van der Waals surface area contributed by atoms with Gasteiger partial charge >= 0.3 is 0 Å². The fraction of sp³-hybridized carbons (Fsp3) is 0. The zero-order valence-electron chi connectivity index (χ0n) is 10.3. The summed E-state index contributed by atoms with van der Waals surface area (Å²) < 4.78 is 26.2. The van der Waals surface area contributed by atoms with E-state index in [0.29, 0.717) is 16.6 Å². The lowest BCUT2D eigenvalue weighted by Gasteiger charge is -2.06. The molecule has 0 bridgehead atoms. The van der Waals surface area contributed by atoms with Gasteiger partial charge in [0.25, 0.3) is 10.0 Å². The van der Waals surface area contributed by atoms with Gasteiger partial charge in [-0.05, 0) is 24.3 Å². The Kier molecular flexibility index (Phi) is 2.77. The van der Waals surface area contributed by atoms with Crippen LogP contribution in [0.1, 0.15) is 5.56 Å². The second kappa shape index (κ2) is 4.47. The number of rotatable bonds is 2. The van der Waals surface area contributed by atoms with Crippen molar-refractivity contribution in [3.63, 3.8) is 0 Å². The number of fused-ring (bicyclic) bond motifs is 1. The summed E-state index contributed by atoms with van der Waals surface area (Å²) in [5, 5.41) is 9.44. The van der Waals surface area contributed by atoms with Gasteiger partial charge in [-0.3, -0.25) is 0 Å². The summed E-state index contributed by atoms with van der Waals surface area (Å²) in [6.45, 7) is 0. The Morgan fingerprint density at radius 1 is 1.15 bits per heavy atom. The van der Waals surface area contributed by atoms with Crippen LogP contribution in [-0.4, -0.2) is 17.4 Å². The fourth-order valence-electron chi connectivity index (χ4n) is 1.96. The zero-order chi connectivity index (χ0) is 14.2. The predicted molar refractivity (Wildman–Crippen MR) is 73.5 cm³/mol. The van der Waals surface area contributed by atoms with Crippen LogP contribution in [0.3, 0.4) is 0 Å². The summed E-state index contributed by atoms with van der Waals surface area (Å²) in [4.78, 5) is 4.26. The highest BCUT2D eigenvalue weighted by Crippen LogP contribution is 2.21. The molecule has 0 aliphatic rings. The summed E-state index contributed by atoms with van der Waals surface area (Å²) in [5.74, 6) is 0. The Morgan fingerprint density at radius 2 is 1.90 bits per heavy atom. The van der Waals surface area contributed by atoms with Crippen molar-refractivity contribution in [1.29, 1.82) is 5.26 Å². The third-order valence-electron chi connectivity index (χ3n) is 2.92. The topological polar surface area (TPSA) is 75.8 Å². The Balaban J connectivity index is 2.23. The van der Waals surface area contributed by atoms with E-state index in [1.165, 1.54) is 24.5 Å². The van der Waals surface area contributed by atoms with E-state index in [1.54, 1.807) is 30.3 Å². The molecule has 0 amide bonds. The standard InChI is InChI=1S/C14H9N3O2S/c15-9-11-8-12-6-7-17(14(12)16-10-11)20(18,19)13-4-2-1-3-5-13/h1-8,10H. The summed E-state index contributed by atoms with van der Waals surface area (Å²) in [6, 6.07) is 13.4. The second-order valence-electron chi connectivity index (χ2n) is 4.18. The minimum atomic E-state index is -3.67. The Hall–Kier alpha value is -2.65. The molecule has 0 spiro atoms. The smallest absolute Gasteiger partial charge is 0.236 e. The molecule has 5 nitrogen and oxygen atoms in total. The first kappa shape index (κ1) is 12.4. The molecule has 0 atom stereocenters. The van der Waals surface area contributed by atoms with Gasteiger partial charge in [-0.15, -0.1) is 0 Å². The highest BCUT2D eigenvalue weighted by molar-refractivity contribution is 7.90. The van der Waals surface area contributed by atoms with Crippen LogP contribution in [0.25, 0.3) is 11.0 Å². The molecule has 2 aromatic heterocycles.